The van der Waals surface area contributed by atoms with E-state index in [1.165, 1.54) is 74.7 Å². The van der Waals surface area contributed by atoms with Gasteiger partial charge in [-0.15, -0.1) is 0 Å². The van der Waals surface area contributed by atoms with Crippen molar-refractivity contribution in [1.82, 2.24) is 0 Å². The van der Waals surface area contributed by atoms with Gasteiger partial charge in [-0.25, -0.2) is 0 Å². The first-order valence-electron chi connectivity index (χ1n) is 9.90. The van der Waals surface area contributed by atoms with Crippen molar-refractivity contribution in [2.45, 2.75) is 12.8 Å². The number of nitrogens with zero attached hydrogens (tertiary/aromatic N) is 1. The summed E-state index contributed by atoms with van der Waals surface area (Å²) < 4.78 is 0. The van der Waals surface area contributed by atoms with Crippen LogP contribution in [0.15, 0.2) is 78.9 Å². The molecule has 6 rings (SSSR count). The van der Waals surface area contributed by atoms with Gasteiger partial charge in [-0.3, -0.25) is 0 Å². The highest BCUT2D eigenvalue weighted by molar-refractivity contribution is 6.19. The molecule has 0 spiro atoms. The van der Waals surface area contributed by atoms with Crippen molar-refractivity contribution in [3.8, 4) is 0 Å². The zero-order valence-electron chi connectivity index (χ0n) is 15.3. The molecule has 0 aliphatic carbocycles. The molecule has 1 aliphatic rings. The summed E-state index contributed by atoms with van der Waals surface area (Å²) in [6.07, 6.45) is 2.63. The van der Waals surface area contributed by atoms with Crippen LogP contribution in [0.3, 0.4) is 0 Å². The molecule has 5 aromatic carbocycles. The summed E-state index contributed by atoms with van der Waals surface area (Å²) in [6, 6.07) is 29.4. The molecule has 1 heterocycles. The van der Waals surface area contributed by atoms with Crippen LogP contribution in [0.4, 0.5) is 5.69 Å². The number of fused-ring (bicyclic) bond motifs is 6. The largest absolute Gasteiger partial charge is 0.372 e. The molecule has 1 nitrogen and oxygen atoms in total. The molecule has 0 N–H and O–H groups in total. The third kappa shape index (κ3) is 2.31. The first-order chi connectivity index (χ1) is 13.4. The summed E-state index contributed by atoms with van der Waals surface area (Å²) in [4.78, 5) is 2.51. The van der Waals surface area contributed by atoms with Crippen LogP contribution in [0.5, 0.6) is 0 Å². The third-order valence-corrected chi connectivity index (χ3v) is 6.15. The van der Waals surface area contributed by atoms with Gasteiger partial charge in [0.1, 0.15) is 0 Å². The Labute approximate surface area is 158 Å². The molecule has 0 radical (unpaired) electrons. The zero-order valence-corrected chi connectivity index (χ0v) is 15.3. The molecule has 0 atom stereocenters. The Kier molecular flexibility index (Phi) is 3.19. The highest BCUT2D eigenvalue weighted by Gasteiger charge is 2.13. The number of rotatable bonds is 1. The molecule has 1 saturated heterocycles. The fourth-order valence-electron chi connectivity index (χ4n) is 4.73. The van der Waals surface area contributed by atoms with E-state index in [4.69, 9.17) is 0 Å². The van der Waals surface area contributed by atoms with Crippen LogP contribution < -0.4 is 4.90 Å². The van der Waals surface area contributed by atoms with Gasteiger partial charge in [0.25, 0.3) is 0 Å². The second-order valence-corrected chi connectivity index (χ2v) is 7.75. The molecule has 1 fully saturated rings. The van der Waals surface area contributed by atoms with Crippen LogP contribution in [0.25, 0.3) is 43.1 Å². The summed E-state index contributed by atoms with van der Waals surface area (Å²) in [5.74, 6) is 0. The minimum Gasteiger partial charge on any atom is -0.372 e. The number of hydrogen-bond donors (Lipinski definition) is 0. The van der Waals surface area contributed by atoms with E-state index in [0.717, 1.165) is 0 Å². The van der Waals surface area contributed by atoms with E-state index in [1.54, 1.807) is 0 Å². The standard InChI is InChI=1S/C26H21N/c1-2-6-19-17-26-20(15-18(19)5-1)7-10-24-23-12-9-22(27-13-3-4-14-27)16-21(23)8-11-25(24)26/h1-2,5-12,15-17H,3-4,13-14H2. The predicted octanol–water partition coefficient (Wildman–Crippen LogP) is 6.90. The SMILES string of the molecule is c1ccc2cc3c(ccc4c5ccc(N6CCCC6)cc5ccc34)cc2c1. The lowest BCUT2D eigenvalue weighted by Gasteiger charge is -2.18. The van der Waals surface area contributed by atoms with E-state index < -0.39 is 0 Å². The first-order valence-corrected chi connectivity index (χ1v) is 9.90. The second kappa shape index (κ2) is 5.72. The van der Waals surface area contributed by atoms with Crippen molar-refractivity contribution in [2.24, 2.45) is 0 Å². The van der Waals surface area contributed by atoms with E-state index in [2.05, 4.69) is 83.8 Å². The maximum absolute atomic E-state index is 2.51. The molecule has 27 heavy (non-hydrogen) atoms. The van der Waals surface area contributed by atoms with Gasteiger partial charge in [-0.1, -0.05) is 54.6 Å². The Bertz CT molecular complexity index is 1330. The highest BCUT2D eigenvalue weighted by Crippen LogP contribution is 2.35. The fraction of sp³-hybridized carbons (Fsp3) is 0.154. The molecule has 1 heteroatoms. The van der Waals surface area contributed by atoms with Gasteiger partial charge >= 0.3 is 0 Å². The number of benzene rings is 5. The maximum Gasteiger partial charge on any atom is 0.0372 e. The lowest BCUT2D eigenvalue weighted by molar-refractivity contribution is 0.949. The third-order valence-electron chi connectivity index (χ3n) is 6.15. The average Bonchev–Trinajstić information content (AvgIpc) is 3.26. The van der Waals surface area contributed by atoms with Crippen molar-refractivity contribution < 1.29 is 0 Å². The van der Waals surface area contributed by atoms with Crippen molar-refractivity contribution in [1.29, 1.82) is 0 Å². The van der Waals surface area contributed by atoms with Crippen LogP contribution >= 0.6 is 0 Å². The van der Waals surface area contributed by atoms with Crippen molar-refractivity contribution in [3.05, 3.63) is 78.9 Å². The zero-order chi connectivity index (χ0) is 17.8. The topological polar surface area (TPSA) is 3.24 Å². The van der Waals surface area contributed by atoms with E-state index in [9.17, 15) is 0 Å². The van der Waals surface area contributed by atoms with Crippen LogP contribution in [-0.2, 0) is 0 Å². The van der Waals surface area contributed by atoms with Crippen molar-refractivity contribution in [3.63, 3.8) is 0 Å². The average molecular weight is 347 g/mol. The molecular weight excluding hydrogens is 326 g/mol. The number of anilines is 1. The second-order valence-electron chi connectivity index (χ2n) is 7.75. The summed E-state index contributed by atoms with van der Waals surface area (Å²) >= 11 is 0. The van der Waals surface area contributed by atoms with E-state index in [-0.39, 0.29) is 0 Å². The first kappa shape index (κ1) is 15.0. The van der Waals surface area contributed by atoms with Gasteiger partial charge in [0.05, 0.1) is 0 Å². The normalized spacial score (nSPS) is 14.7. The molecule has 0 unspecified atom stereocenters. The lowest BCUT2D eigenvalue weighted by Crippen LogP contribution is -2.17. The smallest absolute Gasteiger partial charge is 0.0372 e. The monoisotopic (exact) mass is 347 g/mol. The van der Waals surface area contributed by atoms with Crippen LogP contribution in [0.2, 0.25) is 0 Å². The van der Waals surface area contributed by atoms with Gasteiger partial charge in [0, 0.05) is 18.8 Å². The summed E-state index contributed by atoms with van der Waals surface area (Å²) in [7, 11) is 0. The van der Waals surface area contributed by atoms with E-state index in [1.807, 2.05) is 0 Å². The summed E-state index contributed by atoms with van der Waals surface area (Å²) in [6.45, 7) is 2.38. The fourth-order valence-corrected chi connectivity index (χ4v) is 4.73. The Morgan fingerprint density at radius 1 is 0.481 bits per heavy atom. The lowest BCUT2D eigenvalue weighted by atomic mass is 9.95. The maximum atomic E-state index is 2.51. The molecule has 0 amide bonds. The van der Waals surface area contributed by atoms with Crippen molar-refractivity contribution in [2.75, 3.05) is 18.0 Å². The molecule has 0 saturated carbocycles. The van der Waals surface area contributed by atoms with Gasteiger partial charge in [0.15, 0.2) is 0 Å². The minimum atomic E-state index is 1.19. The molecule has 5 aromatic rings. The van der Waals surface area contributed by atoms with Gasteiger partial charge < -0.3 is 4.90 Å². The van der Waals surface area contributed by atoms with Gasteiger partial charge in [0.2, 0.25) is 0 Å². The van der Waals surface area contributed by atoms with E-state index >= 15 is 0 Å². The highest BCUT2D eigenvalue weighted by atomic mass is 15.1. The van der Waals surface area contributed by atoms with Crippen LogP contribution in [0, 0.1) is 0 Å². The number of hydrogen-bond acceptors (Lipinski definition) is 1. The molecule has 130 valence electrons. The van der Waals surface area contributed by atoms with Crippen molar-refractivity contribution >= 4 is 48.8 Å². The summed E-state index contributed by atoms with van der Waals surface area (Å²) in [5, 5.41) is 10.7. The molecular formula is C26H21N. The van der Waals surface area contributed by atoms with Gasteiger partial charge in [-0.05, 0) is 80.2 Å². The minimum absolute atomic E-state index is 1.19. The summed E-state index contributed by atoms with van der Waals surface area (Å²) in [5.41, 5.74) is 1.37. The van der Waals surface area contributed by atoms with Crippen LogP contribution in [0.1, 0.15) is 12.8 Å². The molecule has 0 bridgehead atoms. The Balaban J connectivity index is 1.62. The Morgan fingerprint density at radius 2 is 1.11 bits per heavy atom. The Hall–Kier alpha value is -3.06. The molecule has 1 aliphatic heterocycles. The van der Waals surface area contributed by atoms with E-state index in [0.29, 0.717) is 0 Å². The molecule has 0 aromatic heterocycles. The Morgan fingerprint density at radius 3 is 1.89 bits per heavy atom. The quantitative estimate of drug-likeness (QED) is 0.235. The van der Waals surface area contributed by atoms with Gasteiger partial charge in [-0.2, -0.15) is 0 Å². The predicted molar refractivity (Wildman–Crippen MR) is 118 cm³/mol. The van der Waals surface area contributed by atoms with Crippen LogP contribution in [-0.4, -0.2) is 13.1 Å².